The predicted molar refractivity (Wildman–Crippen MR) is 112 cm³/mol. The molecule has 4 rings (SSSR count). The summed E-state index contributed by atoms with van der Waals surface area (Å²) < 4.78 is 5.81. The lowest BCUT2D eigenvalue weighted by molar-refractivity contribution is 0.0951. The van der Waals surface area contributed by atoms with E-state index < -0.39 is 0 Å². The van der Waals surface area contributed by atoms with Gasteiger partial charge >= 0.3 is 0 Å². The van der Waals surface area contributed by atoms with Crippen LogP contribution in [0.25, 0.3) is 22.9 Å². The fourth-order valence-corrected chi connectivity index (χ4v) is 3.08. The van der Waals surface area contributed by atoms with Crippen molar-refractivity contribution in [3.8, 4) is 22.9 Å². The van der Waals surface area contributed by atoms with E-state index in [1.165, 1.54) is 0 Å². The molecule has 1 amide bonds. The van der Waals surface area contributed by atoms with Crippen molar-refractivity contribution in [3.05, 3.63) is 95.1 Å². The zero-order valence-corrected chi connectivity index (χ0v) is 16.3. The molecule has 0 aliphatic carbocycles. The highest BCUT2D eigenvalue weighted by molar-refractivity contribution is 5.94. The van der Waals surface area contributed by atoms with Crippen molar-refractivity contribution in [2.75, 3.05) is 0 Å². The quantitative estimate of drug-likeness (QED) is 0.529. The largest absolute Gasteiger partial charge is 0.416 e. The smallest absolute Gasteiger partial charge is 0.251 e. The number of aromatic nitrogens is 2. The summed E-state index contributed by atoms with van der Waals surface area (Å²) in [6.45, 7) is 4.55. The summed E-state index contributed by atoms with van der Waals surface area (Å²) in [5, 5.41) is 11.2. The minimum absolute atomic E-state index is 0.120. The van der Waals surface area contributed by atoms with Crippen molar-refractivity contribution in [1.82, 2.24) is 15.5 Å². The van der Waals surface area contributed by atoms with Crippen LogP contribution in [0.4, 0.5) is 0 Å². The second-order valence-corrected chi connectivity index (χ2v) is 6.97. The normalized spacial score (nSPS) is 10.7. The van der Waals surface area contributed by atoms with E-state index in [0.717, 1.165) is 27.8 Å². The number of nitrogens with one attached hydrogen (secondary N) is 1. The molecule has 0 bridgehead atoms. The van der Waals surface area contributed by atoms with Gasteiger partial charge in [-0.3, -0.25) is 4.79 Å². The maximum atomic E-state index is 12.4. The first-order chi connectivity index (χ1) is 14.1. The van der Waals surface area contributed by atoms with E-state index in [2.05, 4.69) is 15.5 Å². The standard InChI is InChI=1S/C24H21N3O2/c1-16-6-5-9-20(14-16)24-27-26-23(29-24)19-12-10-18(11-13-19)22(28)25-15-21-8-4-3-7-17(21)2/h3-14H,15H2,1-2H3,(H,25,28). The van der Waals surface area contributed by atoms with E-state index in [0.29, 0.717) is 23.9 Å². The van der Waals surface area contributed by atoms with Gasteiger partial charge in [-0.05, 0) is 61.4 Å². The van der Waals surface area contributed by atoms with Crippen LogP contribution in [0.15, 0.2) is 77.2 Å². The minimum atomic E-state index is -0.120. The molecule has 0 spiro atoms. The first kappa shape index (κ1) is 18.6. The summed E-state index contributed by atoms with van der Waals surface area (Å²) in [7, 11) is 0. The zero-order chi connectivity index (χ0) is 20.2. The van der Waals surface area contributed by atoms with Gasteiger partial charge in [0.15, 0.2) is 0 Å². The van der Waals surface area contributed by atoms with Crippen LogP contribution in [0.3, 0.4) is 0 Å². The van der Waals surface area contributed by atoms with E-state index in [1.807, 2.05) is 74.5 Å². The van der Waals surface area contributed by atoms with Crippen molar-refractivity contribution in [1.29, 1.82) is 0 Å². The third kappa shape index (κ3) is 4.24. The number of rotatable bonds is 5. The van der Waals surface area contributed by atoms with Crippen LogP contribution in [-0.4, -0.2) is 16.1 Å². The molecule has 4 aromatic rings. The monoisotopic (exact) mass is 383 g/mol. The van der Waals surface area contributed by atoms with Gasteiger partial charge in [0.2, 0.25) is 11.8 Å². The first-order valence-electron chi connectivity index (χ1n) is 9.44. The van der Waals surface area contributed by atoms with E-state index in [-0.39, 0.29) is 5.91 Å². The topological polar surface area (TPSA) is 68.0 Å². The Hall–Kier alpha value is -3.73. The summed E-state index contributed by atoms with van der Waals surface area (Å²) in [5.74, 6) is 0.780. The van der Waals surface area contributed by atoms with Gasteiger partial charge in [-0.25, -0.2) is 0 Å². The van der Waals surface area contributed by atoms with Gasteiger partial charge in [-0.1, -0.05) is 42.0 Å². The van der Waals surface area contributed by atoms with Gasteiger partial charge in [0.1, 0.15) is 0 Å². The van der Waals surface area contributed by atoms with Crippen LogP contribution in [0, 0.1) is 13.8 Å². The number of amides is 1. The predicted octanol–water partition coefficient (Wildman–Crippen LogP) is 4.95. The van der Waals surface area contributed by atoms with Crippen molar-refractivity contribution < 1.29 is 9.21 Å². The molecule has 0 fully saturated rings. The highest BCUT2D eigenvalue weighted by Gasteiger charge is 2.12. The third-order valence-electron chi connectivity index (χ3n) is 4.78. The number of carbonyl (C=O) groups is 1. The minimum Gasteiger partial charge on any atom is -0.416 e. The van der Waals surface area contributed by atoms with Gasteiger partial charge in [-0.15, -0.1) is 10.2 Å². The van der Waals surface area contributed by atoms with Crippen LogP contribution in [0.1, 0.15) is 27.0 Å². The highest BCUT2D eigenvalue weighted by atomic mass is 16.4. The summed E-state index contributed by atoms with van der Waals surface area (Å²) in [6, 6.07) is 23.1. The molecule has 1 aromatic heterocycles. The van der Waals surface area contributed by atoms with E-state index in [9.17, 15) is 4.79 Å². The lowest BCUT2D eigenvalue weighted by Gasteiger charge is -2.08. The van der Waals surface area contributed by atoms with E-state index in [1.54, 1.807) is 12.1 Å². The fraction of sp³-hybridized carbons (Fsp3) is 0.125. The summed E-state index contributed by atoms with van der Waals surface area (Å²) in [6.07, 6.45) is 0. The highest BCUT2D eigenvalue weighted by Crippen LogP contribution is 2.24. The van der Waals surface area contributed by atoms with Gasteiger partial charge < -0.3 is 9.73 Å². The molecule has 0 aliphatic rings. The molecule has 0 radical (unpaired) electrons. The first-order valence-corrected chi connectivity index (χ1v) is 9.44. The molecule has 0 atom stereocenters. The Morgan fingerprint density at radius 1 is 0.862 bits per heavy atom. The average Bonchev–Trinajstić information content (AvgIpc) is 3.23. The zero-order valence-electron chi connectivity index (χ0n) is 16.3. The van der Waals surface area contributed by atoms with E-state index in [4.69, 9.17) is 4.42 Å². The number of hydrogen-bond donors (Lipinski definition) is 1. The second kappa shape index (κ2) is 8.10. The van der Waals surface area contributed by atoms with Crippen LogP contribution in [0.5, 0.6) is 0 Å². The summed E-state index contributed by atoms with van der Waals surface area (Å²) in [5.41, 5.74) is 5.63. The third-order valence-corrected chi connectivity index (χ3v) is 4.78. The van der Waals surface area contributed by atoms with Gasteiger partial charge in [0, 0.05) is 23.2 Å². The van der Waals surface area contributed by atoms with Crippen molar-refractivity contribution in [2.45, 2.75) is 20.4 Å². The number of carbonyl (C=O) groups excluding carboxylic acids is 1. The van der Waals surface area contributed by atoms with Crippen molar-refractivity contribution >= 4 is 5.91 Å². The molecular weight excluding hydrogens is 362 g/mol. The molecule has 5 heteroatoms. The SMILES string of the molecule is Cc1cccc(-c2nnc(-c3ccc(C(=O)NCc4ccccc4C)cc3)o2)c1. The molecule has 0 saturated heterocycles. The summed E-state index contributed by atoms with van der Waals surface area (Å²) in [4.78, 5) is 12.4. The van der Waals surface area contributed by atoms with Gasteiger partial charge in [0.05, 0.1) is 0 Å². The van der Waals surface area contributed by atoms with Gasteiger partial charge in [0.25, 0.3) is 5.91 Å². The maximum Gasteiger partial charge on any atom is 0.251 e. The number of hydrogen-bond acceptors (Lipinski definition) is 4. The molecule has 29 heavy (non-hydrogen) atoms. The van der Waals surface area contributed by atoms with E-state index >= 15 is 0 Å². The second-order valence-electron chi connectivity index (χ2n) is 6.97. The Morgan fingerprint density at radius 2 is 1.59 bits per heavy atom. The maximum absolute atomic E-state index is 12.4. The average molecular weight is 383 g/mol. The van der Waals surface area contributed by atoms with Crippen molar-refractivity contribution in [3.63, 3.8) is 0 Å². The molecule has 1 N–H and O–H groups in total. The molecule has 0 aliphatic heterocycles. The molecule has 1 heterocycles. The number of nitrogens with zero attached hydrogens (tertiary/aromatic N) is 2. The Kier molecular flexibility index (Phi) is 5.20. The molecule has 0 unspecified atom stereocenters. The van der Waals surface area contributed by atoms with Crippen molar-refractivity contribution in [2.24, 2.45) is 0 Å². The molecule has 5 nitrogen and oxygen atoms in total. The lowest BCUT2D eigenvalue weighted by atomic mass is 10.1. The Bertz CT molecular complexity index is 1150. The van der Waals surface area contributed by atoms with Crippen LogP contribution >= 0.6 is 0 Å². The number of aryl methyl sites for hydroxylation is 2. The molecule has 0 saturated carbocycles. The summed E-state index contributed by atoms with van der Waals surface area (Å²) >= 11 is 0. The number of benzene rings is 3. The Labute approximate surface area is 169 Å². The lowest BCUT2D eigenvalue weighted by Crippen LogP contribution is -2.23. The molecule has 3 aromatic carbocycles. The van der Waals surface area contributed by atoms with Crippen LogP contribution in [-0.2, 0) is 6.54 Å². The van der Waals surface area contributed by atoms with Crippen LogP contribution < -0.4 is 5.32 Å². The molecule has 144 valence electrons. The van der Waals surface area contributed by atoms with Gasteiger partial charge in [-0.2, -0.15) is 0 Å². The fourth-order valence-electron chi connectivity index (χ4n) is 3.08. The Morgan fingerprint density at radius 3 is 2.31 bits per heavy atom. The van der Waals surface area contributed by atoms with Crippen LogP contribution in [0.2, 0.25) is 0 Å². The molecular formula is C24H21N3O2. The Balaban J connectivity index is 1.45.